The average molecular weight is 385 g/mol. The Kier molecular flexibility index (Phi) is 6.25. The van der Waals surface area contributed by atoms with Crippen LogP contribution in [0.15, 0.2) is 75.9 Å². The first-order chi connectivity index (χ1) is 12.6. The topological polar surface area (TPSA) is 54.9 Å². The maximum Gasteiger partial charge on any atom is 0.234 e. The minimum Gasteiger partial charge on any atom is -0.325 e. The van der Waals surface area contributed by atoms with Crippen molar-refractivity contribution in [3.63, 3.8) is 0 Å². The Balaban J connectivity index is 1.62. The van der Waals surface area contributed by atoms with Crippen molar-refractivity contribution in [3.05, 3.63) is 72.3 Å². The highest BCUT2D eigenvalue weighted by Gasteiger charge is 2.11. The predicted octanol–water partition coefficient (Wildman–Crippen LogP) is 4.81. The Bertz CT molecular complexity index is 903. The van der Waals surface area contributed by atoms with Crippen LogP contribution in [0.1, 0.15) is 5.56 Å². The van der Waals surface area contributed by atoms with Crippen LogP contribution in [-0.2, 0) is 4.79 Å². The van der Waals surface area contributed by atoms with Crippen LogP contribution in [0.3, 0.4) is 0 Å². The lowest BCUT2D eigenvalue weighted by atomic mass is 10.2. The van der Waals surface area contributed by atoms with E-state index in [-0.39, 0.29) is 17.5 Å². The molecule has 0 aliphatic heterocycles. The van der Waals surface area contributed by atoms with Gasteiger partial charge in [-0.15, -0.1) is 0 Å². The van der Waals surface area contributed by atoms with Crippen LogP contribution in [0.5, 0.6) is 0 Å². The highest BCUT2D eigenvalue weighted by atomic mass is 32.2. The van der Waals surface area contributed by atoms with Gasteiger partial charge in [-0.3, -0.25) is 4.79 Å². The van der Waals surface area contributed by atoms with E-state index in [1.165, 1.54) is 53.4 Å². The minimum absolute atomic E-state index is 0.182. The van der Waals surface area contributed by atoms with E-state index < -0.39 is 0 Å². The van der Waals surface area contributed by atoms with Gasteiger partial charge in [0.15, 0.2) is 0 Å². The van der Waals surface area contributed by atoms with Gasteiger partial charge in [-0.05, 0) is 43.3 Å². The molecular formula is C19H16FN3OS2. The van der Waals surface area contributed by atoms with Crippen molar-refractivity contribution >= 4 is 35.1 Å². The van der Waals surface area contributed by atoms with E-state index in [9.17, 15) is 9.18 Å². The molecule has 0 saturated carbocycles. The molecule has 0 fully saturated rings. The first-order valence-corrected chi connectivity index (χ1v) is 9.64. The second-order valence-electron chi connectivity index (χ2n) is 5.43. The molecule has 0 aliphatic rings. The Labute approximate surface area is 159 Å². The second-order valence-corrected chi connectivity index (χ2v) is 7.46. The molecule has 0 bridgehead atoms. The number of nitrogens with one attached hydrogen (secondary N) is 1. The third kappa shape index (κ3) is 5.31. The maximum absolute atomic E-state index is 12.9. The summed E-state index contributed by atoms with van der Waals surface area (Å²) in [5.74, 6) is -0.328. The highest BCUT2D eigenvalue weighted by molar-refractivity contribution is 8.02. The number of anilines is 1. The van der Waals surface area contributed by atoms with Crippen molar-refractivity contribution in [2.24, 2.45) is 0 Å². The summed E-state index contributed by atoms with van der Waals surface area (Å²) in [6.45, 7) is 2.04. The molecular weight excluding hydrogens is 369 g/mol. The van der Waals surface area contributed by atoms with E-state index in [1.807, 2.05) is 25.1 Å². The zero-order valence-electron chi connectivity index (χ0n) is 14.0. The Hall–Kier alpha value is -2.38. The number of hydrogen-bond donors (Lipinski definition) is 1. The van der Waals surface area contributed by atoms with Crippen LogP contribution < -0.4 is 5.32 Å². The number of rotatable bonds is 6. The van der Waals surface area contributed by atoms with Crippen LogP contribution in [-0.4, -0.2) is 21.6 Å². The molecule has 0 atom stereocenters. The number of aromatic nitrogens is 2. The molecule has 0 aliphatic carbocycles. The van der Waals surface area contributed by atoms with E-state index in [2.05, 4.69) is 21.4 Å². The number of carbonyl (C=O) groups is 1. The van der Waals surface area contributed by atoms with Crippen LogP contribution in [0.4, 0.5) is 10.1 Å². The smallest absolute Gasteiger partial charge is 0.234 e. The first kappa shape index (κ1) is 18.4. The molecule has 3 rings (SSSR count). The number of aryl methyl sites for hydroxylation is 1. The minimum atomic E-state index is -0.338. The Morgan fingerprint density at radius 2 is 1.81 bits per heavy atom. The lowest BCUT2D eigenvalue weighted by Crippen LogP contribution is -2.14. The van der Waals surface area contributed by atoms with Gasteiger partial charge in [0.25, 0.3) is 0 Å². The molecule has 0 unspecified atom stereocenters. The summed E-state index contributed by atoms with van der Waals surface area (Å²) in [6.07, 6.45) is 3.25. The van der Waals surface area contributed by atoms with E-state index in [4.69, 9.17) is 0 Å². The molecule has 7 heteroatoms. The normalized spacial score (nSPS) is 10.5. The molecule has 0 saturated heterocycles. The Morgan fingerprint density at radius 1 is 1.08 bits per heavy atom. The van der Waals surface area contributed by atoms with Crippen molar-refractivity contribution in [3.8, 4) is 0 Å². The third-order valence-corrected chi connectivity index (χ3v) is 5.39. The number of thioether (sulfide) groups is 1. The van der Waals surface area contributed by atoms with Gasteiger partial charge < -0.3 is 5.32 Å². The molecule has 1 N–H and O–H groups in total. The van der Waals surface area contributed by atoms with E-state index in [0.717, 1.165) is 9.92 Å². The molecule has 26 heavy (non-hydrogen) atoms. The van der Waals surface area contributed by atoms with Crippen molar-refractivity contribution in [1.82, 2.24) is 9.97 Å². The third-order valence-electron chi connectivity index (χ3n) is 3.31. The molecule has 2 aromatic carbocycles. The molecule has 1 heterocycles. The predicted molar refractivity (Wildman–Crippen MR) is 103 cm³/mol. The number of benzene rings is 2. The lowest BCUT2D eigenvalue weighted by Gasteiger charge is -2.08. The lowest BCUT2D eigenvalue weighted by molar-refractivity contribution is -0.113. The summed E-state index contributed by atoms with van der Waals surface area (Å²) >= 11 is 2.84. The van der Waals surface area contributed by atoms with Gasteiger partial charge in [-0.25, -0.2) is 14.4 Å². The van der Waals surface area contributed by atoms with Gasteiger partial charge in [0.05, 0.1) is 5.75 Å². The van der Waals surface area contributed by atoms with Crippen LogP contribution >= 0.6 is 23.5 Å². The fourth-order valence-corrected chi connectivity index (χ4v) is 3.96. The standard InChI is InChI=1S/C19H16FN3OS2/c1-13-3-2-4-16(11-13)26-19-18(21-9-10-22-19)25-12-17(24)23-15-7-5-14(20)6-8-15/h2-11H,12H2,1H3,(H,23,24). The van der Waals surface area contributed by atoms with Crippen LogP contribution in [0, 0.1) is 12.7 Å². The number of nitrogens with zero attached hydrogens (tertiary/aromatic N) is 2. The van der Waals surface area contributed by atoms with Crippen molar-refractivity contribution < 1.29 is 9.18 Å². The number of amides is 1. The maximum atomic E-state index is 12.9. The molecule has 1 amide bonds. The van der Waals surface area contributed by atoms with Crippen molar-refractivity contribution in [1.29, 1.82) is 0 Å². The summed E-state index contributed by atoms with van der Waals surface area (Å²) in [5.41, 5.74) is 1.73. The van der Waals surface area contributed by atoms with Crippen molar-refractivity contribution in [2.45, 2.75) is 21.9 Å². The van der Waals surface area contributed by atoms with Gasteiger partial charge in [-0.2, -0.15) is 0 Å². The van der Waals surface area contributed by atoms with Gasteiger partial charge in [0, 0.05) is 23.0 Å². The van der Waals surface area contributed by atoms with E-state index in [1.54, 1.807) is 12.4 Å². The van der Waals surface area contributed by atoms with E-state index >= 15 is 0 Å². The first-order valence-electron chi connectivity index (χ1n) is 7.84. The summed E-state index contributed by atoms with van der Waals surface area (Å²) < 4.78 is 12.9. The monoisotopic (exact) mass is 385 g/mol. The second kappa shape index (κ2) is 8.82. The molecule has 0 spiro atoms. The summed E-state index contributed by atoms with van der Waals surface area (Å²) in [6, 6.07) is 13.8. The molecule has 4 nitrogen and oxygen atoms in total. The average Bonchev–Trinajstić information content (AvgIpc) is 2.63. The summed E-state index contributed by atoms with van der Waals surface area (Å²) in [5, 5.41) is 4.20. The summed E-state index contributed by atoms with van der Waals surface area (Å²) in [4.78, 5) is 21.9. The number of carbonyl (C=O) groups excluding carboxylic acids is 1. The van der Waals surface area contributed by atoms with Gasteiger partial charge in [-0.1, -0.05) is 41.2 Å². The zero-order valence-corrected chi connectivity index (χ0v) is 15.6. The largest absolute Gasteiger partial charge is 0.325 e. The molecule has 1 aromatic heterocycles. The zero-order chi connectivity index (χ0) is 18.4. The molecule has 3 aromatic rings. The summed E-state index contributed by atoms with van der Waals surface area (Å²) in [7, 11) is 0. The van der Waals surface area contributed by atoms with Crippen LogP contribution in [0.2, 0.25) is 0 Å². The van der Waals surface area contributed by atoms with Gasteiger partial charge in [0.2, 0.25) is 5.91 Å². The van der Waals surface area contributed by atoms with Crippen LogP contribution in [0.25, 0.3) is 0 Å². The molecule has 132 valence electrons. The molecule has 0 radical (unpaired) electrons. The van der Waals surface area contributed by atoms with Gasteiger partial charge >= 0.3 is 0 Å². The fourth-order valence-electron chi connectivity index (χ4n) is 2.14. The number of hydrogen-bond acceptors (Lipinski definition) is 5. The highest BCUT2D eigenvalue weighted by Crippen LogP contribution is 2.32. The number of halogens is 1. The Morgan fingerprint density at radius 3 is 2.54 bits per heavy atom. The fraction of sp³-hybridized carbons (Fsp3) is 0.105. The van der Waals surface area contributed by atoms with Gasteiger partial charge in [0.1, 0.15) is 15.9 Å². The van der Waals surface area contributed by atoms with E-state index in [0.29, 0.717) is 10.7 Å². The quantitative estimate of drug-likeness (QED) is 0.618. The van der Waals surface area contributed by atoms with Crippen molar-refractivity contribution in [2.75, 3.05) is 11.1 Å². The SMILES string of the molecule is Cc1cccc(Sc2nccnc2SCC(=O)Nc2ccc(F)cc2)c1.